The van der Waals surface area contributed by atoms with Gasteiger partial charge in [0.2, 0.25) is 0 Å². The second-order valence-corrected chi connectivity index (χ2v) is 8.05. The monoisotopic (exact) mass is 361 g/mol. The van der Waals surface area contributed by atoms with Crippen molar-refractivity contribution in [3.05, 3.63) is 58.8 Å². The van der Waals surface area contributed by atoms with Gasteiger partial charge < -0.3 is 4.42 Å². The van der Waals surface area contributed by atoms with E-state index in [2.05, 4.69) is 4.72 Å². The summed E-state index contributed by atoms with van der Waals surface area (Å²) in [6.45, 7) is 0. The summed E-state index contributed by atoms with van der Waals surface area (Å²) in [7, 11) is -3.64. The van der Waals surface area contributed by atoms with E-state index in [1.165, 1.54) is 0 Å². The Labute approximate surface area is 145 Å². The van der Waals surface area contributed by atoms with E-state index in [0.717, 1.165) is 42.4 Å². The van der Waals surface area contributed by atoms with Crippen molar-refractivity contribution in [1.82, 2.24) is 0 Å². The van der Waals surface area contributed by atoms with Crippen LogP contribution < -0.4 is 4.72 Å². The van der Waals surface area contributed by atoms with Gasteiger partial charge in [-0.15, -0.1) is 0 Å². The number of rotatable bonds is 3. The third-order valence-electron chi connectivity index (χ3n) is 4.32. The molecule has 4 rings (SSSR count). The zero-order chi connectivity index (χ0) is 16.7. The van der Waals surface area contributed by atoms with Crippen LogP contribution in [0, 0.1) is 0 Å². The molecule has 0 fully saturated rings. The summed E-state index contributed by atoms with van der Waals surface area (Å²) in [4.78, 5) is 0.218. The molecule has 6 heteroatoms. The van der Waals surface area contributed by atoms with E-state index in [-0.39, 0.29) is 4.90 Å². The molecule has 1 aromatic heterocycles. The van der Waals surface area contributed by atoms with Gasteiger partial charge in [0.05, 0.1) is 15.6 Å². The van der Waals surface area contributed by atoms with Crippen molar-refractivity contribution in [2.24, 2.45) is 0 Å². The molecule has 1 aliphatic carbocycles. The first kappa shape index (κ1) is 15.5. The smallest absolute Gasteiger partial charge is 0.261 e. The molecule has 1 heterocycles. The summed E-state index contributed by atoms with van der Waals surface area (Å²) >= 11 is 6.33. The van der Waals surface area contributed by atoms with E-state index in [4.69, 9.17) is 16.0 Å². The molecule has 1 aliphatic rings. The van der Waals surface area contributed by atoms with Gasteiger partial charge in [-0.3, -0.25) is 4.72 Å². The van der Waals surface area contributed by atoms with Gasteiger partial charge in [0, 0.05) is 17.4 Å². The highest BCUT2D eigenvalue weighted by atomic mass is 35.5. The lowest BCUT2D eigenvalue weighted by Gasteiger charge is -2.10. The minimum atomic E-state index is -3.64. The van der Waals surface area contributed by atoms with Crippen LogP contribution in [0.2, 0.25) is 5.02 Å². The van der Waals surface area contributed by atoms with E-state index in [0.29, 0.717) is 16.3 Å². The molecule has 0 atom stereocenters. The molecule has 124 valence electrons. The number of hydrogen-bond acceptors (Lipinski definition) is 3. The normalized spacial score (nSPS) is 14.5. The van der Waals surface area contributed by atoms with Gasteiger partial charge in [-0.2, -0.15) is 0 Å². The molecule has 0 unspecified atom stereocenters. The number of hydrogen-bond donors (Lipinski definition) is 1. The zero-order valence-electron chi connectivity index (χ0n) is 12.9. The Balaban J connectivity index is 1.78. The summed E-state index contributed by atoms with van der Waals surface area (Å²) in [5.41, 5.74) is 2.25. The fourth-order valence-corrected chi connectivity index (χ4v) is 4.51. The van der Waals surface area contributed by atoms with Gasteiger partial charge in [-0.25, -0.2) is 8.42 Å². The molecule has 0 aliphatic heterocycles. The Morgan fingerprint density at radius 3 is 2.58 bits per heavy atom. The Bertz CT molecular complexity index is 1010. The second-order valence-electron chi connectivity index (χ2n) is 5.96. The van der Waals surface area contributed by atoms with Crippen LogP contribution in [0.1, 0.15) is 24.2 Å². The summed E-state index contributed by atoms with van der Waals surface area (Å²) in [5, 5.41) is 1.33. The number of fused-ring (bicyclic) bond motifs is 3. The molecule has 24 heavy (non-hydrogen) atoms. The van der Waals surface area contributed by atoms with E-state index >= 15 is 0 Å². The van der Waals surface area contributed by atoms with Crippen molar-refractivity contribution in [1.29, 1.82) is 0 Å². The number of furan rings is 1. The lowest BCUT2D eigenvalue weighted by atomic mass is 9.96. The minimum Gasteiger partial charge on any atom is -0.459 e. The number of aryl methyl sites for hydroxylation is 2. The SMILES string of the molecule is O=S(=O)(Nc1cc(Cl)c2oc3c(c2c1)CCCC3)c1ccccc1. The fourth-order valence-electron chi connectivity index (χ4n) is 3.19. The third-order valence-corrected chi connectivity index (χ3v) is 5.99. The first-order valence-corrected chi connectivity index (χ1v) is 9.72. The largest absolute Gasteiger partial charge is 0.459 e. The third kappa shape index (κ3) is 2.68. The molecule has 0 radical (unpaired) electrons. The predicted molar refractivity (Wildman–Crippen MR) is 95.1 cm³/mol. The van der Waals surface area contributed by atoms with Crippen molar-refractivity contribution in [3.63, 3.8) is 0 Å². The minimum absolute atomic E-state index is 0.218. The maximum atomic E-state index is 12.5. The maximum Gasteiger partial charge on any atom is 0.261 e. The first-order chi connectivity index (χ1) is 11.5. The van der Waals surface area contributed by atoms with Crippen LogP contribution in [-0.4, -0.2) is 8.42 Å². The van der Waals surface area contributed by atoms with Crippen LogP contribution in [0.25, 0.3) is 11.0 Å². The van der Waals surface area contributed by atoms with Crippen LogP contribution in [0.5, 0.6) is 0 Å². The van der Waals surface area contributed by atoms with Gasteiger partial charge >= 0.3 is 0 Å². The molecule has 1 N–H and O–H groups in total. The maximum absolute atomic E-state index is 12.5. The molecular weight excluding hydrogens is 346 g/mol. The lowest BCUT2D eigenvalue weighted by molar-refractivity contribution is 0.506. The molecule has 0 saturated heterocycles. The van der Waals surface area contributed by atoms with Crippen LogP contribution >= 0.6 is 11.6 Å². The number of sulfonamides is 1. The van der Waals surface area contributed by atoms with Crippen molar-refractivity contribution in [2.45, 2.75) is 30.6 Å². The molecule has 0 spiro atoms. The highest BCUT2D eigenvalue weighted by Crippen LogP contribution is 2.37. The van der Waals surface area contributed by atoms with E-state index in [1.54, 1.807) is 36.4 Å². The van der Waals surface area contributed by atoms with Gasteiger partial charge in [-0.05, 0) is 43.5 Å². The van der Waals surface area contributed by atoms with E-state index < -0.39 is 10.0 Å². The van der Waals surface area contributed by atoms with Gasteiger partial charge in [-0.1, -0.05) is 29.8 Å². The van der Waals surface area contributed by atoms with Gasteiger partial charge in [0.15, 0.2) is 5.58 Å². The summed E-state index contributed by atoms with van der Waals surface area (Å²) in [5.74, 6) is 0.973. The summed E-state index contributed by atoms with van der Waals surface area (Å²) in [6.07, 6.45) is 4.07. The van der Waals surface area contributed by atoms with Crippen LogP contribution in [0.4, 0.5) is 5.69 Å². The van der Waals surface area contributed by atoms with Crippen molar-refractivity contribution in [2.75, 3.05) is 4.72 Å². The van der Waals surface area contributed by atoms with Crippen molar-refractivity contribution in [3.8, 4) is 0 Å². The molecule has 3 aromatic rings. The van der Waals surface area contributed by atoms with Gasteiger partial charge in [0.25, 0.3) is 10.0 Å². The Morgan fingerprint density at radius 2 is 1.79 bits per heavy atom. The molecule has 0 bridgehead atoms. The molecule has 4 nitrogen and oxygen atoms in total. The number of halogens is 1. The first-order valence-electron chi connectivity index (χ1n) is 7.86. The standard InChI is InChI=1S/C18H16ClNO3S/c19-16-11-12(20-24(21,22)13-6-2-1-3-7-13)10-15-14-8-4-5-9-17(14)23-18(15)16/h1-3,6-7,10-11,20H,4-5,8-9H2. The molecule has 0 saturated carbocycles. The Hall–Kier alpha value is -1.98. The molecular formula is C18H16ClNO3S. The number of nitrogens with one attached hydrogen (secondary N) is 1. The Morgan fingerprint density at radius 1 is 1.04 bits per heavy atom. The fraction of sp³-hybridized carbons (Fsp3) is 0.222. The van der Waals surface area contributed by atoms with E-state index in [9.17, 15) is 8.42 Å². The zero-order valence-corrected chi connectivity index (χ0v) is 14.5. The quantitative estimate of drug-likeness (QED) is 0.731. The summed E-state index contributed by atoms with van der Waals surface area (Å²) in [6, 6.07) is 11.7. The van der Waals surface area contributed by atoms with E-state index in [1.807, 2.05) is 6.07 Å². The topological polar surface area (TPSA) is 59.3 Å². The molecule has 0 amide bonds. The van der Waals surface area contributed by atoms with Crippen LogP contribution in [-0.2, 0) is 22.9 Å². The highest BCUT2D eigenvalue weighted by Gasteiger charge is 2.21. The van der Waals surface area contributed by atoms with Crippen LogP contribution in [0.15, 0.2) is 51.8 Å². The average Bonchev–Trinajstić information content (AvgIpc) is 2.95. The second kappa shape index (κ2) is 5.83. The van der Waals surface area contributed by atoms with Crippen molar-refractivity contribution >= 4 is 38.3 Å². The number of anilines is 1. The summed E-state index contributed by atoms with van der Waals surface area (Å²) < 4.78 is 33.5. The number of benzene rings is 2. The highest BCUT2D eigenvalue weighted by molar-refractivity contribution is 7.92. The van der Waals surface area contributed by atoms with Crippen molar-refractivity contribution < 1.29 is 12.8 Å². The van der Waals surface area contributed by atoms with Gasteiger partial charge in [0.1, 0.15) is 5.76 Å². The Kier molecular flexibility index (Phi) is 3.77. The lowest BCUT2D eigenvalue weighted by Crippen LogP contribution is -2.12. The predicted octanol–water partition coefficient (Wildman–Crippen LogP) is 4.77. The molecule has 2 aromatic carbocycles. The average molecular weight is 362 g/mol. The van der Waals surface area contributed by atoms with Crippen LogP contribution in [0.3, 0.4) is 0 Å².